The van der Waals surface area contributed by atoms with E-state index in [1.54, 1.807) is 11.7 Å². The van der Waals surface area contributed by atoms with Crippen LogP contribution in [0.4, 0.5) is 0 Å². The van der Waals surface area contributed by atoms with Crippen LogP contribution in [0.15, 0.2) is 11.7 Å². The van der Waals surface area contributed by atoms with Crippen LogP contribution < -0.4 is 5.32 Å². The summed E-state index contributed by atoms with van der Waals surface area (Å²) in [6.07, 6.45) is 1.59. The number of aromatic nitrogens is 1. The van der Waals surface area contributed by atoms with Crippen LogP contribution in [0, 0.1) is 5.92 Å². The number of hydrogen-bond acceptors (Lipinski definition) is 3. The van der Waals surface area contributed by atoms with Gasteiger partial charge in [-0.2, -0.15) is 0 Å². The Kier molecular flexibility index (Phi) is 3.42. The molecule has 1 unspecified atom stereocenters. The summed E-state index contributed by atoms with van der Waals surface area (Å²) >= 11 is 1.36. The highest BCUT2D eigenvalue weighted by atomic mass is 32.1. The summed E-state index contributed by atoms with van der Waals surface area (Å²) in [5, 5.41) is 2.91. The second-order valence-electron chi connectivity index (χ2n) is 3.37. The van der Waals surface area contributed by atoms with E-state index in [1.807, 2.05) is 6.92 Å². The third-order valence-electron chi connectivity index (χ3n) is 2.01. The minimum Gasteiger partial charge on any atom is -0.349 e. The Morgan fingerprint density at radius 3 is 2.69 bits per heavy atom. The zero-order valence-corrected chi connectivity index (χ0v) is 8.89. The van der Waals surface area contributed by atoms with E-state index >= 15 is 0 Å². The maximum Gasteiger partial charge on any atom is 0.263 e. The first-order valence-corrected chi connectivity index (χ1v) is 5.18. The van der Waals surface area contributed by atoms with Crippen molar-refractivity contribution in [2.24, 2.45) is 5.92 Å². The number of carbonyl (C=O) groups excluding carboxylic acids is 1. The van der Waals surface area contributed by atoms with E-state index in [0.29, 0.717) is 10.8 Å². The Hall–Kier alpha value is -0.900. The van der Waals surface area contributed by atoms with Crippen molar-refractivity contribution in [3.63, 3.8) is 0 Å². The minimum atomic E-state index is -0.0244. The lowest BCUT2D eigenvalue weighted by molar-refractivity contribution is 0.0934. The van der Waals surface area contributed by atoms with Crippen molar-refractivity contribution >= 4 is 17.2 Å². The van der Waals surface area contributed by atoms with Crippen LogP contribution in [0.1, 0.15) is 30.4 Å². The van der Waals surface area contributed by atoms with Crippen molar-refractivity contribution in [3.8, 4) is 0 Å². The highest BCUT2D eigenvalue weighted by Gasteiger charge is 2.12. The molecule has 4 heteroatoms. The van der Waals surface area contributed by atoms with Gasteiger partial charge in [-0.05, 0) is 12.8 Å². The molecule has 1 rings (SSSR count). The number of nitrogens with zero attached hydrogens (tertiary/aromatic N) is 1. The van der Waals surface area contributed by atoms with Gasteiger partial charge < -0.3 is 5.32 Å². The lowest BCUT2D eigenvalue weighted by Crippen LogP contribution is -2.35. The molecule has 0 fully saturated rings. The van der Waals surface area contributed by atoms with E-state index < -0.39 is 0 Å². The van der Waals surface area contributed by atoms with Crippen LogP contribution >= 0.6 is 11.3 Å². The zero-order valence-electron chi connectivity index (χ0n) is 8.07. The SMILES string of the molecule is CC(C)C(C)NC(=O)c1cncs1. The van der Waals surface area contributed by atoms with Gasteiger partial charge in [0.05, 0.1) is 11.7 Å². The number of nitrogens with one attached hydrogen (secondary N) is 1. The van der Waals surface area contributed by atoms with E-state index in [-0.39, 0.29) is 11.9 Å². The van der Waals surface area contributed by atoms with Crippen LogP contribution in [0.2, 0.25) is 0 Å². The van der Waals surface area contributed by atoms with Gasteiger partial charge >= 0.3 is 0 Å². The van der Waals surface area contributed by atoms with Crippen molar-refractivity contribution in [1.29, 1.82) is 0 Å². The first-order valence-electron chi connectivity index (χ1n) is 4.30. The van der Waals surface area contributed by atoms with E-state index in [1.165, 1.54) is 11.3 Å². The summed E-state index contributed by atoms with van der Waals surface area (Å²) in [5.74, 6) is 0.431. The summed E-state index contributed by atoms with van der Waals surface area (Å²) < 4.78 is 0. The Balaban J connectivity index is 2.52. The van der Waals surface area contributed by atoms with Crippen LogP contribution in [0.25, 0.3) is 0 Å². The molecule has 0 aromatic carbocycles. The molecule has 0 aliphatic heterocycles. The molecule has 72 valence electrons. The van der Waals surface area contributed by atoms with Gasteiger partial charge in [-0.1, -0.05) is 13.8 Å². The lowest BCUT2D eigenvalue weighted by Gasteiger charge is -2.16. The molecule has 0 aliphatic carbocycles. The predicted octanol–water partition coefficient (Wildman–Crippen LogP) is 1.92. The molecule has 0 aliphatic rings. The summed E-state index contributed by atoms with van der Waals surface area (Å²) in [7, 11) is 0. The smallest absolute Gasteiger partial charge is 0.263 e. The van der Waals surface area contributed by atoms with Gasteiger partial charge in [0.2, 0.25) is 0 Å². The van der Waals surface area contributed by atoms with Gasteiger partial charge in [0.15, 0.2) is 0 Å². The molecule has 3 nitrogen and oxygen atoms in total. The number of hydrogen-bond donors (Lipinski definition) is 1. The second-order valence-corrected chi connectivity index (χ2v) is 4.26. The molecule has 0 spiro atoms. The summed E-state index contributed by atoms with van der Waals surface area (Å²) in [6.45, 7) is 6.17. The number of rotatable bonds is 3. The maximum atomic E-state index is 11.5. The average molecular weight is 198 g/mol. The van der Waals surface area contributed by atoms with Crippen LogP contribution in [-0.4, -0.2) is 16.9 Å². The lowest BCUT2D eigenvalue weighted by atomic mass is 10.1. The van der Waals surface area contributed by atoms with Crippen molar-refractivity contribution in [2.75, 3.05) is 0 Å². The molecule has 1 aromatic heterocycles. The second kappa shape index (κ2) is 4.37. The molecule has 1 N–H and O–H groups in total. The molecule has 13 heavy (non-hydrogen) atoms. The number of carbonyl (C=O) groups is 1. The Labute approximate surface area is 82.2 Å². The molecule has 1 atom stereocenters. The van der Waals surface area contributed by atoms with Crippen LogP contribution in [0.5, 0.6) is 0 Å². The summed E-state index contributed by atoms with van der Waals surface area (Å²) in [5.41, 5.74) is 1.66. The fourth-order valence-corrected chi connectivity index (χ4v) is 1.30. The van der Waals surface area contributed by atoms with Gasteiger partial charge in [0.25, 0.3) is 5.91 Å². The standard InChI is InChI=1S/C9H14N2OS/c1-6(2)7(3)11-9(12)8-4-10-5-13-8/h4-7H,1-3H3,(H,11,12). The third kappa shape index (κ3) is 2.81. The van der Waals surface area contributed by atoms with Crippen LogP contribution in [-0.2, 0) is 0 Å². The van der Waals surface area contributed by atoms with Crippen molar-refractivity contribution < 1.29 is 4.79 Å². The fourth-order valence-electron chi connectivity index (χ4n) is 0.772. The molecular formula is C9H14N2OS. The largest absolute Gasteiger partial charge is 0.349 e. The maximum absolute atomic E-state index is 11.5. The zero-order chi connectivity index (χ0) is 9.84. The molecule has 1 heterocycles. The minimum absolute atomic E-state index is 0.0244. The number of thiazole rings is 1. The van der Waals surface area contributed by atoms with E-state index in [9.17, 15) is 4.79 Å². The topological polar surface area (TPSA) is 42.0 Å². The van der Waals surface area contributed by atoms with E-state index in [0.717, 1.165) is 0 Å². The van der Waals surface area contributed by atoms with E-state index in [4.69, 9.17) is 0 Å². The highest BCUT2D eigenvalue weighted by molar-refractivity contribution is 7.11. The monoisotopic (exact) mass is 198 g/mol. The third-order valence-corrected chi connectivity index (χ3v) is 2.79. The molecule has 0 bridgehead atoms. The first-order chi connectivity index (χ1) is 6.11. The van der Waals surface area contributed by atoms with Gasteiger partial charge in [0.1, 0.15) is 4.88 Å². The molecular weight excluding hydrogens is 184 g/mol. The van der Waals surface area contributed by atoms with Gasteiger partial charge in [0, 0.05) is 6.04 Å². The highest BCUT2D eigenvalue weighted by Crippen LogP contribution is 2.07. The fraction of sp³-hybridized carbons (Fsp3) is 0.556. The summed E-state index contributed by atoms with van der Waals surface area (Å²) in [4.78, 5) is 16.0. The van der Waals surface area contributed by atoms with Crippen molar-refractivity contribution in [1.82, 2.24) is 10.3 Å². The molecule has 1 aromatic rings. The summed E-state index contributed by atoms with van der Waals surface area (Å²) in [6, 6.07) is 0.203. The van der Waals surface area contributed by atoms with E-state index in [2.05, 4.69) is 24.1 Å². The Morgan fingerprint density at radius 2 is 2.23 bits per heavy atom. The molecule has 1 amide bonds. The number of amides is 1. The van der Waals surface area contributed by atoms with Gasteiger partial charge in [-0.15, -0.1) is 11.3 Å². The van der Waals surface area contributed by atoms with Crippen molar-refractivity contribution in [3.05, 3.63) is 16.6 Å². The normalized spacial score (nSPS) is 12.9. The molecule has 0 saturated heterocycles. The van der Waals surface area contributed by atoms with Crippen molar-refractivity contribution in [2.45, 2.75) is 26.8 Å². The first kappa shape index (κ1) is 10.2. The van der Waals surface area contributed by atoms with Gasteiger partial charge in [-0.3, -0.25) is 9.78 Å². The Morgan fingerprint density at radius 1 is 1.54 bits per heavy atom. The average Bonchev–Trinajstić information content (AvgIpc) is 2.55. The quantitative estimate of drug-likeness (QED) is 0.806. The Bertz CT molecular complexity index is 269. The molecule has 0 saturated carbocycles. The predicted molar refractivity (Wildman–Crippen MR) is 53.9 cm³/mol. The van der Waals surface area contributed by atoms with Gasteiger partial charge in [-0.25, -0.2) is 0 Å². The molecule has 0 radical (unpaired) electrons. The van der Waals surface area contributed by atoms with Crippen LogP contribution in [0.3, 0.4) is 0 Å².